The van der Waals surface area contributed by atoms with Crippen LogP contribution in [0.5, 0.6) is 0 Å². The Kier molecular flexibility index (Phi) is 3.17. The van der Waals surface area contributed by atoms with Gasteiger partial charge in [0.25, 0.3) is 0 Å². The smallest absolute Gasteiger partial charge is 0.107 e. The Hall–Kier alpha value is -0.800. The lowest BCUT2D eigenvalue weighted by Crippen LogP contribution is -2.70. The molecular formula is C20H30O3. The van der Waals surface area contributed by atoms with Gasteiger partial charge in [0.15, 0.2) is 0 Å². The molecule has 4 rings (SSSR count). The molecule has 3 nitrogen and oxygen atoms in total. The standard InChI is InChI=1S/C20H30O3/c1-12-13-5-9-20(22)18(2,3)8-6-17(21)19(20,4)15(13)11-16-14(12)7-10-23-16/h7,10,12-13,15,17,21-22H,5-6,8-9,11H2,1-4H3. The van der Waals surface area contributed by atoms with Crippen molar-refractivity contribution in [1.82, 2.24) is 0 Å². The van der Waals surface area contributed by atoms with Crippen molar-refractivity contribution in [2.24, 2.45) is 22.7 Å². The van der Waals surface area contributed by atoms with Crippen LogP contribution in [0.1, 0.15) is 70.6 Å². The van der Waals surface area contributed by atoms with Crippen LogP contribution in [0.2, 0.25) is 0 Å². The molecule has 3 aliphatic carbocycles. The first-order chi connectivity index (χ1) is 10.7. The number of aliphatic hydroxyl groups excluding tert-OH is 1. The van der Waals surface area contributed by atoms with E-state index in [1.807, 2.05) is 0 Å². The number of furan rings is 1. The Morgan fingerprint density at radius 1 is 1.17 bits per heavy atom. The third-order valence-corrected chi connectivity index (χ3v) is 8.19. The van der Waals surface area contributed by atoms with Crippen molar-refractivity contribution >= 4 is 0 Å². The first-order valence-electron chi connectivity index (χ1n) is 9.19. The SMILES string of the molecule is CC1c2ccoc2CC2C1CCC1(O)C(C)(C)CCC(O)C21C. The lowest BCUT2D eigenvalue weighted by atomic mass is 9.40. The molecule has 6 unspecified atom stereocenters. The van der Waals surface area contributed by atoms with E-state index in [2.05, 4.69) is 33.8 Å². The maximum atomic E-state index is 11.8. The van der Waals surface area contributed by atoms with E-state index in [4.69, 9.17) is 4.42 Å². The minimum Gasteiger partial charge on any atom is -0.469 e. The third kappa shape index (κ3) is 1.73. The van der Waals surface area contributed by atoms with Crippen LogP contribution < -0.4 is 0 Å². The van der Waals surface area contributed by atoms with Crippen molar-refractivity contribution in [3.05, 3.63) is 23.7 Å². The summed E-state index contributed by atoms with van der Waals surface area (Å²) in [6.07, 6.45) is 5.73. The van der Waals surface area contributed by atoms with Crippen molar-refractivity contribution in [2.75, 3.05) is 0 Å². The molecule has 1 aromatic rings. The lowest BCUT2D eigenvalue weighted by molar-refractivity contribution is -0.276. The van der Waals surface area contributed by atoms with Crippen LogP contribution in [-0.4, -0.2) is 21.9 Å². The first-order valence-corrected chi connectivity index (χ1v) is 9.19. The maximum absolute atomic E-state index is 11.8. The number of aliphatic hydroxyl groups is 2. The fourth-order valence-electron chi connectivity index (χ4n) is 6.51. The molecule has 0 saturated heterocycles. The third-order valence-electron chi connectivity index (χ3n) is 8.19. The molecule has 0 aromatic carbocycles. The number of rotatable bonds is 0. The molecular weight excluding hydrogens is 288 g/mol. The number of hydrogen-bond acceptors (Lipinski definition) is 3. The van der Waals surface area contributed by atoms with Crippen LogP contribution >= 0.6 is 0 Å². The second-order valence-electron chi connectivity index (χ2n) is 9.18. The molecule has 3 heteroatoms. The van der Waals surface area contributed by atoms with Gasteiger partial charge in [0.1, 0.15) is 5.76 Å². The van der Waals surface area contributed by atoms with E-state index in [1.165, 1.54) is 5.56 Å². The number of hydrogen-bond donors (Lipinski definition) is 2. The Labute approximate surface area is 139 Å². The van der Waals surface area contributed by atoms with Gasteiger partial charge in [-0.3, -0.25) is 0 Å². The molecule has 2 N–H and O–H groups in total. The molecule has 6 atom stereocenters. The summed E-state index contributed by atoms with van der Waals surface area (Å²) < 4.78 is 5.76. The van der Waals surface area contributed by atoms with Gasteiger partial charge in [-0.05, 0) is 60.5 Å². The minimum absolute atomic E-state index is 0.154. The molecule has 0 spiro atoms. The summed E-state index contributed by atoms with van der Waals surface area (Å²) in [5.74, 6) is 2.32. The van der Waals surface area contributed by atoms with Gasteiger partial charge < -0.3 is 14.6 Å². The second-order valence-corrected chi connectivity index (χ2v) is 9.18. The molecule has 0 aliphatic heterocycles. The van der Waals surface area contributed by atoms with Crippen LogP contribution in [0.4, 0.5) is 0 Å². The van der Waals surface area contributed by atoms with Crippen molar-refractivity contribution < 1.29 is 14.6 Å². The van der Waals surface area contributed by atoms with Gasteiger partial charge in [0.2, 0.25) is 0 Å². The van der Waals surface area contributed by atoms with Crippen molar-refractivity contribution in [2.45, 2.75) is 77.4 Å². The average molecular weight is 318 g/mol. The van der Waals surface area contributed by atoms with E-state index in [9.17, 15) is 10.2 Å². The van der Waals surface area contributed by atoms with Gasteiger partial charge in [0, 0.05) is 11.8 Å². The summed E-state index contributed by atoms with van der Waals surface area (Å²) in [6, 6.07) is 2.11. The Morgan fingerprint density at radius 3 is 2.65 bits per heavy atom. The fraction of sp³-hybridized carbons (Fsp3) is 0.800. The van der Waals surface area contributed by atoms with Crippen LogP contribution in [0.15, 0.2) is 16.7 Å². The average Bonchev–Trinajstić information content (AvgIpc) is 2.97. The predicted molar refractivity (Wildman–Crippen MR) is 89.1 cm³/mol. The van der Waals surface area contributed by atoms with Gasteiger partial charge in [-0.15, -0.1) is 0 Å². The van der Waals surface area contributed by atoms with Crippen LogP contribution in [-0.2, 0) is 6.42 Å². The van der Waals surface area contributed by atoms with E-state index in [1.54, 1.807) is 6.26 Å². The Balaban J connectivity index is 1.84. The van der Waals surface area contributed by atoms with E-state index in [0.29, 0.717) is 11.8 Å². The molecule has 1 heterocycles. The summed E-state index contributed by atoms with van der Waals surface area (Å²) in [4.78, 5) is 0. The second kappa shape index (κ2) is 4.64. The van der Waals surface area contributed by atoms with Gasteiger partial charge in [-0.25, -0.2) is 0 Å². The molecule has 1 aromatic heterocycles. The normalized spacial score (nSPS) is 48.3. The van der Waals surface area contributed by atoms with Crippen LogP contribution in [0.25, 0.3) is 0 Å². The Morgan fingerprint density at radius 2 is 1.91 bits per heavy atom. The fourth-order valence-corrected chi connectivity index (χ4v) is 6.51. The summed E-state index contributed by atoms with van der Waals surface area (Å²) in [5.41, 5.74) is -0.0811. The molecule has 128 valence electrons. The molecule has 3 aliphatic rings. The lowest BCUT2D eigenvalue weighted by Gasteiger charge is -2.67. The minimum atomic E-state index is -0.803. The van der Waals surface area contributed by atoms with E-state index in [0.717, 1.165) is 37.9 Å². The largest absolute Gasteiger partial charge is 0.469 e. The zero-order chi connectivity index (χ0) is 16.6. The van der Waals surface area contributed by atoms with E-state index >= 15 is 0 Å². The Bertz CT molecular complexity index is 618. The predicted octanol–water partition coefficient (Wildman–Crippen LogP) is 3.88. The first kappa shape index (κ1) is 15.7. The summed E-state index contributed by atoms with van der Waals surface area (Å²) in [5, 5.41) is 22.8. The topological polar surface area (TPSA) is 53.6 Å². The molecule has 0 bridgehead atoms. The molecule has 2 fully saturated rings. The zero-order valence-electron chi connectivity index (χ0n) is 14.8. The number of fused-ring (bicyclic) bond motifs is 4. The summed E-state index contributed by atoms with van der Waals surface area (Å²) in [7, 11) is 0. The summed E-state index contributed by atoms with van der Waals surface area (Å²) >= 11 is 0. The quantitative estimate of drug-likeness (QED) is 0.763. The monoisotopic (exact) mass is 318 g/mol. The van der Waals surface area contributed by atoms with E-state index < -0.39 is 17.1 Å². The van der Waals surface area contributed by atoms with E-state index in [-0.39, 0.29) is 11.3 Å². The summed E-state index contributed by atoms with van der Waals surface area (Å²) in [6.45, 7) is 8.80. The van der Waals surface area contributed by atoms with Gasteiger partial charge >= 0.3 is 0 Å². The van der Waals surface area contributed by atoms with Gasteiger partial charge in [-0.2, -0.15) is 0 Å². The van der Waals surface area contributed by atoms with Gasteiger partial charge in [0.05, 0.1) is 18.0 Å². The zero-order valence-corrected chi connectivity index (χ0v) is 14.8. The molecule has 0 radical (unpaired) electrons. The van der Waals surface area contributed by atoms with Gasteiger partial charge in [-0.1, -0.05) is 27.7 Å². The highest BCUT2D eigenvalue weighted by atomic mass is 16.3. The van der Waals surface area contributed by atoms with Crippen molar-refractivity contribution in [1.29, 1.82) is 0 Å². The molecule has 0 amide bonds. The van der Waals surface area contributed by atoms with Crippen LogP contribution in [0, 0.1) is 22.7 Å². The highest BCUT2D eigenvalue weighted by Gasteiger charge is 2.68. The highest BCUT2D eigenvalue weighted by Crippen LogP contribution is 2.66. The maximum Gasteiger partial charge on any atom is 0.107 e. The van der Waals surface area contributed by atoms with Crippen LogP contribution in [0.3, 0.4) is 0 Å². The highest BCUT2D eigenvalue weighted by molar-refractivity contribution is 5.30. The molecule has 2 saturated carbocycles. The molecule has 23 heavy (non-hydrogen) atoms. The van der Waals surface area contributed by atoms with Crippen molar-refractivity contribution in [3.63, 3.8) is 0 Å². The van der Waals surface area contributed by atoms with Crippen molar-refractivity contribution in [3.8, 4) is 0 Å².